The summed E-state index contributed by atoms with van der Waals surface area (Å²) in [6.07, 6.45) is 2.37. The number of hydrogen-bond donors (Lipinski definition) is 0. The van der Waals surface area contributed by atoms with Gasteiger partial charge in [-0.2, -0.15) is 0 Å². The number of aromatic nitrogens is 1. The van der Waals surface area contributed by atoms with Crippen molar-refractivity contribution < 1.29 is 0 Å². The summed E-state index contributed by atoms with van der Waals surface area (Å²) in [6.45, 7) is 0.0644. The number of nitrogens with zero attached hydrogens (tertiary/aromatic N) is 3. The van der Waals surface area contributed by atoms with Gasteiger partial charge in [-0.05, 0) is 64.6 Å². The van der Waals surface area contributed by atoms with Crippen LogP contribution in [0.2, 0.25) is 0 Å². The molecule has 0 fully saturated rings. The van der Waals surface area contributed by atoms with Gasteiger partial charge < -0.3 is 9.38 Å². The van der Waals surface area contributed by atoms with Crippen LogP contribution in [0.15, 0.2) is 158 Å². The van der Waals surface area contributed by atoms with Crippen LogP contribution >= 0.6 is 0 Å². The number of anilines is 5. The molecule has 0 radical (unpaired) electrons. The molecule has 3 aliphatic heterocycles. The zero-order chi connectivity index (χ0) is 28.8. The molecule has 4 heteroatoms. The molecular formula is C40H26BN3. The van der Waals surface area contributed by atoms with Crippen LogP contribution in [0.1, 0.15) is 0 Å². The topological polar surface area (TPSA) is 11.4 Å². The number of para-hydroxylation sites is 3. The molecule has 44 heavy (non-hydrogen) atoms. The largest absolute Gasteiger partial charge is 0.376 e. The first kappa shape index (κ1) is 23.8. The molecule has 3 aliphatic rings. The summed E-state index contributed by atoms with van der Waals surface area (Å²) >= 11 is 0. The fourth-order valence-corrected chi connectivity index (χ4v) is 7.74. The molecule has 0 aliphatic carbocycles. The first-order valence-electron chi connectivity index (χ1n) is 15.2. The van der Waals surface area contributed by atoms with Gasteiger partial charge in [-0.15, -0.1) is 0 Å². The first-order valence-corrected chi connectivity index (χ1v) is 15.2. The first-order chi connectivity index (χ1) is 21.9. The maximum absolute atomic E-state index is 2.59. The van der Waals surface area contributed by atoms with Gasteiger partial charge in [0.2, 0.25) is 0 Å². The lowest BCUT2D eigenvalue weighted by Gasteiger charge is -2.47. The maximum Gasteiger partial charge on any atom is 0.335 e. The fraction of sp³-hybridized carbons (Fsp3) is 0. The quantitative estimate of drug-likeness (QED) is 0.201. The normalized spacial score (nSPS) is 13.3. The van der Waals surface area contributed by atoms with Crippen LogP contribution in [0.4, 0.5) is 28.6 Å². The van der Waals surface area contributed by atoms with Crippen molar-refractivity contribution in [2.24, 2.45) is 0 Å². The van der Waals surface area contributed by atoms with Gasteiger partial charge in [-0.25, -0.2) is 0 Å². The Kier molecular flexibility index (Phi) is 4.80. The second-order valence-electron chi connectivity index (χ2n) is 11.8. The van der Waals surface area contributed by atoms with Gasteiger partial charge in [-0.1, -0.05) is 109 Å². The predicted molar refractivity (Wildman–Crippen MR) is 184 cm³/mol. The molecule has 7 aromatic rings. The molecular weight excluding hydrogens is 533 g/mol. The van der Waals surface area contributed by atoms with Crippen molar-refractivity contribution >= 4 is 46.3 Å². The number of hydrogen-bond acceptors (Lipinski definition) is 2. The summed E-state index contributed by atoms with van der Waals surface area (Å²) in [7, 11) is 0. The molecule has 0 atom stereocenters. The lowest BCUT2D eigenvalue weighted by Crippen LogP contribution is -2.63. The predicted octanol–water partition coefficient (Wildman–Crippen LogP) is 8.83. The van der Waals surface area contributed by atoms with Crippen molar-refractivity contribution in [3.8, 4) is 39.1 Å². The average Bonchev–Trinajstić information content (AvgIpc) is 3.50. The third-order valence-electron chi connectivity index (χ3n) is 9.51. The van der Waals surface area contributed by atoms with Crippen molar-refractivity contribution in [1.29, 1.82) is 0 Å². The number of fused-ring (bicyclic) bond motifs is 6. The standard InChI is InChI=1S/C40H26BN3/c1-3-13-27(14-4-1)28-15-11-18-30(25-28)43-37-24-12-21-33-31-19-7-9-22-35(31)44-36-23-10-8-20-32(36)34-26-42(29-16-5-2-6-17-29)40(43)39(34)41(44)38(33)37/h1-26H. The second-order valence-corrected chi connectivity index (χ2v) is 11.8. The zero-order valence-corrected chi connectivity index (χ0v) is 23.9. The molecule has 3 nitrogen and oxygen atoms in total. The van der Waals surface area contributed by atoms with Crippen LogP contribution in [0.3, 0.4) is 0 Å². The minimum Gasteiger partial charge on any atom is -0.376 e. The minimum absolute atomic E-state index is 0.0644. The number of benzene rings is 6. The van der Waals surface area contributed by atoms with Gasteiger partial charge in [0.1, 0.15) is 5.82 Å². The Labute approximate surface area is 257 Å². The van der Waals surface area contributed by atoms with Crippen molar-refractivity contribution in [2.45, 2.75) is 0 Å². The molecule has 0 amide bonds. The smallest absolute Gasteiger partial charge is 0.335 e. The molecule has 0 unspecified atom stereocenters. The summed E-state index contributed by atoms with van der Waals surface area (Å²) in [6, 6.07) is 55.2. The molecule has 204 valence electrons. The van der Waals surface area contributed by atoms with Crippen LogP contribution < -0.4 is 20.6 Å². The highest BCUT2D eigenvalue weighted by atomic mass is 15.3. The van der Waals surface area contributed by atoms with Gasteiger partial charge in [0.15, 0.2) is 0 Å². The van der Waals surface area contributed by atoms with E-state index in [9.17, 15) is 0 Å². The third-order valence-corrected chi connectivity index (χ3v) is 9.51. The molecule has 4 heterocycles. The molecule has 0 saturated heterocycles. The highest BCUT2D eigenvalue weighted by Crippen LogP contribution is 2.52. The Morgan fingerprint density at radius 2 is 0.977 bits per heavy atom. The van der Waals surface area contributed by atoms with Crippen LogP contribution in [0.5, 0.6) is 0 Å². The van der Waals surface area contributed by atoms with Crippen molar-refractivity contribution in [3.05, 3.63) is 158 Å². The van der Waals surface area contributed by atoms with E-state index in [4.69, 9.17) is 0 Å². The Morgan fingerprint density at radius 3 is 1.75 bits per heavy atom. The van der Waals surface area contributed by atoms with E-state index in [-0.39, 0.29) is 6.85 Å². The Hall–Kier alpha value is -5.74. The minimum atomic E-state index is 0.0644. The summed E-state index contributed by atoms with van der Waals surface area (Å²) < 4.78 is 2.41. The maximum atomic E-state index is 2.59. The van der Waals surface area contributed by atoms with E-state index in [1.54, 1.807) is 0 Å². The van der Waals surface area contributed by atoms with Crippen LogP contribution in [0, 0.1) is 0 Å². The number of rotatable bonds is 3. The van der Waals surface area contributed by atoms with E-state index in [2.05, 4.69) is 172 Å². The van der Waals surface area contributed by atoms with Gasteiger partial charge in [0, 0.05) is 56.8 Å². The molecule has 0 bridgehead atoms. The molecule has 0 N–H and O–H groups in total. The van der Waals surface area contributed by atoms with Crippen molar-refractivity contribution in [1.82, 2.24) is 4.57 Å². The Balaban J connectivity index is 1.35. The van der Waals surface area contributed by atoms with Gasteiger partial charge in [0.25, 0.3) is 0 Å². The van der Waals surface area contributed by atoms with Crippen LogP contribution in [0.25, 0.3) is 39.1 Å². The highest BCUT2D eigenvalue weighted by molar-refractivity contribution is 6.95. The van der Waals surface area contributed by atoms with Gasteiger partial charge >= 0.3 is 6.85 Å². The molecule has 6 aromatic carbocycles. The molecule has 0 spiro atoms. The highest BCUT2D eigenvalue weighted by Gasteiger charge is 2.50. The summed E-state index contributed by atoms with van der Waals surface area (Å²) in [5.41, 5.74) is 16.4. The Bertz CT molecular complexity index is 2250. The van der Waals surface area contributed by atoms with E-state index in [1.807, 2.05) is 0 Å². The molecule has 10 rings (SSSR count). The fourth-order valence-electron chi connectivity index (χ4n) is 7.74. The van der Waals surface area contributed by atoms with Crippen molar-refractivity contribution in [2.75, 3.05) is 9.71 Å². The van der Waals surface area contributed by atoms with Gasteiger partial charge in [-0.3, -0.25) is 4.90 Å². The lowest BCUT2D eigenvalue weighted by molar-refractivity contribution is 1.04. The van der Waals surface area contributed by atoms with Crippen LogP contribution in [-0.4, -0.2) is 11.4 Å². The molecule has 1 aromatic heterocycles. The lowest BCUT2D eigenvalue weighted by atomic mass is 9.42. The SMILES string of the molecule is c1ccc(-c2cccc(N3c4cccc5c4B4c6c(cn(-c7ccccc7)c63)-c3ccccc3N4c3ccccc3-5)c2)cc1. The Morgan fingerprint density at radius 1 is 0.409 bits per heavy atom. The monoisotopic (exact) mass is 559 g/mol. The van der Waals surface area contributed by atoms with E-state index in [0.29, 0.717) is 0 Å². The molecule has 0 saturated carbocycles. The van der Waals surface area contributed by atoms with E-state index in [1.165, 1.54) is 67.2 Å². The third kappa shape index (κ3) is 3.12. The zero-order valence-electron chi connectivity index (χ0n) is 23.9. The van der Waals surface area contributed by atoms with E-state index < -0.39 is 0 Å². The average molecular weight is 559 g/mol. The van der Waals surface area contributed by atoms with E-state index in [0.717, 1.165) is 11.4 Å². The van der Waals surface area contributed by atoms with Crippen LogP contribution in [-0.2, 0) is 0 Å². The summed E-state index contributed by atoms with van der Waals surface area (Å²) in [4.78, 5) is 5.10. The van der Waals surface area contributed by atoms with Crippen molar-refractivity contribution in [3.63, 3.8) is 0 Å². The second kappa shape index (κ2) is 8.89. The summed E-state index contributed by atoms with van der Waals surface area (Å²) in [5.74, 6) is 1.20. The summed E-state index contributed by atoms with van der Waals surface area (Å²) in [5, 5.41) is 0. The van der Waals surface area contributed by atoms with Gasteiger partial charge in [0.05, 0.1) is 0 Å². The van der Waals surface area contributed by atoms with E-state index >= 15 is 0 Å².